The van der Waals surface area contributed by atoms with E-state index in [-0.39, 0.29) is 25.0 Å². The number of hydrogen-bond acceptors (Lipinski definition) is 5. The highest BCUT2D eigenvalue weighted by molar-refractivity contribution is 5.78. The van der Waals surface area contributed by atoms with Crippen LogP contribution in [0.3, 0.4) is 0 Å². The van der Waals surface area contributed by atoms with Gasteiger partial charge in [0.25, 0.3) is 0 Å². The number of carbonyl (C=O) groups excluding carboxylic acids is 1. The van der Waals surface area contributed by atoms with Crippen molar-refractivity contribution in [2.24, 2.45) is 0 Å². The molecule has 1 unspecified atom stereocenters. The highest BCUT2D eigenvalue weighted by Gasteiger charge is 2.15. The molecule has 18 heavy (non-hydrogen) atoms. The molecule has 0 aromatic heterocycles. The average molecular weight is 260 g/mol. The van der Waals surface area contributed by atoms with Gasteiger partial charge in [0, 0.05) is 6.42 Å². The van der Waals surface area contributed by atoms with Gasteiger partial charge in [-0.2, -0.15) is 0 Å². The molecule has 1 aliphatic rings. The summed E-state index contributed by atoms with van der Waals surface area (Å²) in [5.74, 6) is -1.66. The Morgan fingerprint density at radius 3 is 2.67 bits per heavy atom. The molecular weight excluding hydrogens is 240 g/mol. The Hall–Kier alpha value is -1.18. The van der Waals surface area contributed by atoms with Crippen LogP contribution >= 0.6 is 0 Å². The molecule has 0 aromatic rings. The van der Waals surface area contributed by atoms with E-state index in [9.17, 15) is 9.59 Å². The van der Waals surface area contributed by atoms with Crippen LogP contribution in [0.4, 0.5) is 0 Å². The van der Waals surface area contributed by atoms with Crippen LogP contribution < -0.4 is 10.6 Å². The summed E-state index contributed by atoms with van der Waals surface area (Å²) >= 11 is 0. The predicted molar refractivity (Wildman–Crippen MR) is 63.1 cm³/mol. The van der Waals surface area contributed by atoms with Crippen LogP contribution in [0.15, 0.2) is 0 Å². The van der Waals surface area contributed by atoms with Crippen molar-refractivity contribution in [3.05, 3.63) is 0 Å². The summed E-state index contributed by atoms with van der Waals surface area (Å²) in [5.41, 5.74) is 0. The number of carboxylic acids is 1. The third kappa shape index (κ3) is 5.95. The number of aliphatic hydroxyl groups excluding tert-OH is 1. The summed E-state index contributed by atoms with van der Waals surface area (Å²) in [4.78, 5) is 21.6. The first-order chi connectivity index (χ1) is 8.59. The average Bonchev–Trinajstić information content (AvgIpc) is 2.37. The van der Waals surface area contributed by atoms with Crippen LogP contribution in [0, 0.1) is 0 Å². The standard InChI is InChI=1S/C11H20N2O5/c14-9(11(16)17)7-13-10(15)3-6-18-8-1-4-12-5-2-8/h8-9,12,14H,1-7H2,(H,13,15)(H,16,17). The molecule has 0 bridgehead atoms. The maximum Gasteiger partial charge on any atom is 0.334 e. The number of aliphatic hydroxyl groups is 1. The summed E-state index contributed by atoms with van der Waals surface area (Å²) in [6.07, 6.45) is 0.706. The van der Waals surface area contributed by atoms with E-state index >= 15 is 0 Å². The molecule has 1 atom stereocenters. The second kappa shape index (κ2) is 8.02. The summed E-state index contributed by atoms with van der Waals surface area (Å²) in [6, 6.07) is 0. The Bertz CT molecular complexity index is 279. The number of nitrogens with one attached hydrogen (secondary N) is 2. The molecule has 7 heteroatoms. The van der Waals surface area contributed by atoms with Crippen molar-refractivity contribution in [3.63, 3.8) is 0 Å². The van der Waals surface area contributed by atoms with E-state index in [1.54, 1.807) is 0 Å². The fourth-order valence-corrected chi connectivity index (χ4v) is 1.67. The highest BCUT2D eigenvalue weighted by Crippen LogP contribution is 2.07. The molecule has 104 valence electrons. The van der Waals surface area contributed by atoms with Gasteiger partial charge in [-0.3, -0.25) is 4.79 Å². The molecule has 0 saturated carbocycles. The molecule has 0 aliphatic carbocycles. The number of rotatable bonds is 7. The third-order valence-corrected chi connectivity index (χ3v) is 2.75. The van der Waals surface area contributed by atoms with Gasteiger partial charge in [-0.1, -0.05) is 0 Å². The van der Waals surface area contributed by atoms with E-state index in [1.807, 2.05) is 0 Å². The molecule has 4 N–H and O–H groups in total. The number of piperidine rings is 1. The van der Waals surface area contributed by atoms with Crippen LogP contribution in [-0.4, -0.2) is 60.5 Å². The van der Waals surface area contributed by atoms with Gasteiger partial charge in [0.15, 0.2) is 6.10 Å². The lowest BCUT2D eigenvalue weighted by Crippen LogP contribution is -2.37. The second-order valence-electron chi connectivity index (χ2n) is 4.23. The molecule has 1 saturated heterocycles. The van der Waals surface area contributed by atoms with E-state index in [2.05, 4.69) is 10.6 Å². The third-order valence-electron chi connectivity index (χ3n) is 2.75. The molecule has 1 heterocycles. The minimum Gasteiger partial charge on any atom is -0.479 e. The smallest absolute Gasteiger partial charge is 0.334 e. The fourth-order valence-electron chi connectivity index (χ4n) is 1.67. The summed E-state index contributed by atoms with van der Waals surface area (Å²) in [7, 11) is 0. The van der Waals surface area contributed by atoms with Crippen LogP contribution in [0.25, 0.3) is 0 Å². The van der Waals surface area contributed by atoms with Crippen molar-refractivity contribution in [1.29, 1.82) is 0 Å². The van der Waals surface area contributed by atoms with Gasteiger partial charge in [0.2, 0.25) is 5.91 Å². The predicted octanol–water partition coefficient (Wildman–Crippen LogP) is -1.29. The minimum atomic E-state index is -1.56. The Labute approximate surface area is 106 Å². The lowest BCUT2D eigenvalue weighted by Gasteiger charge is -2.22. The minimum absolute atomic E-state index is 0.177. The normalized spacial score (nSPS) is 18.3. The quantitative estimate of drug-likeness (QED) is 0.453. The molecule has 1 rings (SSSR count). The second-order valence-corrected chi connectivity index (χ2v) is 4.23. The Kier molecular flexibility index (Phi) is 6.63. The van der Waals surface area contributed by atoms with E-state index in [4.69, 9.17) is 14.9 Å². The molecule has 1 amide bonds. The van der Waals surface area contributed by atoms with Crippen molar-refractivity contribution in [2.45, 2.75) is 31.5 Å². The first-order valence-corrected chi connectivity index (χ1v) is 6.09. The topological polar surface area (TPSA) is 108 Å². The van der Waals surface area contributed by atoms with Crippen molar-refractivity contribution in [1.82, 2.24) is 10.6 Å². The maximum atomic E-state index is 11.3. The first-order valence-electron chi connectivity index (χ1n) is 6.09. The van der Waals surface area contributed by atoms with Gasteiger partial charge in [-0.25, -0.2) is 4.79 Å². The maximum absolute atomic E-state index is 11.3. The van der Waals surface area contributed by atoms with Gasteiger partial charge in [0.1, 0.15) is 0 Å². The van der Waals surface area contributed by atoms with E-state index in [1.165, 1.54) is 0 Å². The number of ether oxygens (including phenoxy) is 1. The lowest BCUT2D eigenvalue weighted by atomic mass is 10.1. The Morgan fingerprint density at radius 1 is 1.39 bits per heavy atom. The SMILES string of the molecule is O=C(CCOC1CCNCC1)NCC(O)C(=O)O. The Balaban J connectivity index is 2.04. The zero-order valence-electron chi connectivity index (χ0n) is 10.2. The summed E-state index contributed by atoms with van der Waals surface area (Å²) in [5, 5.41) is 22.9. The van der Waals surface area contributed by atoms with Crippen molar-refractivity contribution in [2.75, 3.05) is 26.2 Å². The number of carbonyl (C=O) groups is 2. The molecule has 7 nitrogen and oxygen atoms in total. The van der Waals surface area contributed by atoms with Gasteiger partial charge in [-0.05, 0) is 25.9 Å². The highest BCUT2D eigenvalue weighted by atomic mass is 16.5. The molecule has 1 aliphatic heterocycles. The summed E-state index contributed by atoms with van der Waals surface area (Å²) < 4.78 is 5.53. The van der Waals surface area contributed by atoms with E-state index in [0.717, 1.165) is 25.9 Å². The van der Waals surface area contributed by atoms with E-state index in [0.29, 0.717) is 6.61 Å². The number of amides is 1. The lowest BCUT2D eigenvalue weighted by molar-refractivity contribution is -0.146. The van der Waals surface area contributed by atoms with Crippen LogP contribution in [0.2, 0.25) is 0 Å². The Morgan fingerprint density at radius 2 is 2.06 bits per heavy atom. The van der Waals surface area contributed by atoms with Crippen LogP contribution in [0.5, 0.6) is 0 Å². The fraction of sp³-hybridized carbons (Fsp3) is 0.818. The van der Waals surface area contributed by atoms with Gasteiger partial charge >= 0.3 is 5.97 Å². The van der Waals surface area contributed by atoms with Crippen molar-refractivity contribution in [3.8, 4) is 0 Å². The molecular formula is C11H20N2O5. The van der Waals surface area contributed by atoms with Gasteiger partial charge in [0.05, 0.1) is 19.3 Å². The zero-order valence-corrected chi connectivity index (χ0v) is 10.2. The molecule has 1 fully saturated rings. The molecule has 0 aromatic carbocycles. The zero-order chi connectivity index (χ0) is 13.4. The molecule has 0 spiro atoms. The number of hydrogen-bond donors (Lipinski definition) is 4. The van der Waals surface area contributed by atoms with Gasteiger partial charge in [-0.15, -0.1) is 0 Å². The van der Waals surface area contributed by atoms with Crippen LogP contribution in [0.1, 0.15) is 19.3 Å². The van der Waals surface area contributed by atoms with Crippen LogP contribution in [-0.2, 0) is 14.3 Å². The van der Waals surface area contributed by atoms with Crippen molar-refractivity contribution >= 4 is 11.9 Å². The largest absolute Gasteiger partial charge is 0.479 e. The first kappa shape index (κ1) is 14.9. The molecule has 0 radical (unpaired) electrons. The summed E-state index contributed by atoms with van der Waals surface area (Å²) in [6.45, 7) is 1.91. The number of carboxylic acid groups (broad SMARTS) is 1. The van der Waals surface area contributed by atoms with Crippen molar-refractivity contribution < 1.29 is 24.5 Å². The van der Waals surface area contributed by atoms with E-state index < -0.39 is 12.1 Å². The monoisotopic (exact) mass is 260 g/mol. The number of aliphatic carboxylic acids is 1. The van der Waals surface area contributed by atoms with Gasteiger partial charge < -0.3 is 25.6 Å².